The third-order valence-electron chi connectivity index (χ3n) is 2.35. The van der Waals surface area contributed by atoms with E-state index in [1.807, 2.05) is 0 Å². The van der Waals surface area contributed by atoms with Crippen molar-refractivity contribution in [3.8, 4) is 0 Å². The summed E-state index contributed by atoms with van der Waals surface area (Å²) in [4.78, 5) is 3.83. The van der Waals surface area contributed by atoms with Crippen LogP contribution in [0.2, 0.25) is 0 Å². The van der Waals surface area contributed by atoms with E-state index in [4.69, 9.17) is 11.6 Å². The Kier molecular flexibility index (Phi) is 3.86. The summed E-state index contributed by atoms with van der Waals surface area (Å²) in [5.41, 5.74) is 1.02. The normalized spacial score (nSPS) is 14.7. The van der Waals surface area contributed by atoms with Crippen LogP contribution in [0.15, 0.2) is 36.8 Å². The lowest BCUT2D eigenvalue weighted by Crippen LogP contribution is -2.13. The first-order valence-electron chi connectivity index (χ1n) is 5.11. The number of halogens is 4. The van der Waals surface area contributed by atoms with Crippen LogP contribution in [0.1, 0.15) is 22.9 Å². The molecule has 0 aliphatic carbocycles. The number of hydrogen-bond acceptors (Lipinski definition) is 2. The van der Waals surface area contributed by atoms with Crippen LogP contribution in [-0.2, 0) is 0 Å². The molecule has 2 rings (SSSR count). The molecule has 96 valence electrons. The lowest BCUT2D eigenvalue weighted by molar-refractivity contribution is 0.000576. The predicted octanol–water partition coefficient (Wildman–Crippen LogP) is 3.34. The molecule has 3 nitrogen and oxygen atoms in total. The molecular weight excluding hydrogens is 267 g/mol. The van der Waals surface area contributed by atoms with Gasteiger partial charge in [-0.3, -0.25) is 4.98 Å². The first-order chi connectivity index (χ1) is 8.59. The Hall–Kier alpha value is -1.56. The highest BCUT2D eigenvalue weighted by Gasteiger charge is 2.23. The van der Waals surface area contributed by atoms with E-state index in [2.05, 4.69) is 10.1 Å². The molecule has 2 heterocycles. The summed E-state index contributed by atoms with van der Waals surface area (Å²) in [6.45, 7) is 0. The average Bonchev–Trinajstić information content (AvgIpc) is 2.87. The second kappa shape index (κ2) is 5.39. The number of rotatable bonds is 4. The maximum absolute atomic E-state index is 13.0. The summed E-state index contributed by atoms with van der Waals surface area (Å²) >= 11 is 6.12. The predicted molar refractivity (Wildman–Crippen MR) is 60.3 cm³/mol. The molecule has 0 aliphatic rings. The van der Waals surface area contributed by atoms with Gasteiger partial charge in [0.2, 0.25) is 0 Å². The largest absolute Gasteiger partial charge is 0.289 e. The van der Waals surface area contributed by atoms with Gasteiger partial charge in [0.05, 0.1) is 5.69 Å². The molecule has 0 bridgehead atoms. The van der Waals surface area contributed by atoms with Gasteiger partial charge in [0.1, 0.15) is 5.38 Å². The van der Waals surface area contributed by atoms with Crippen LogP contribution in [-0.4, -0.2) is 21.2 Å². The van der Waals surface area contributed by atoms with Gasteiger partial charge in [-0.05, 0) is 23.8 Å². The number of nitrogens with zero attached hydrogens (tertiary/aromatic N) is 3. The third kappa shape index (κ3) is 2.64. The SMILES string of the molecule is FC(F)C(F)n1ccc(C(Cl)c2ccncc2)n1. The van der Waals surface area contributed by atoms with Crippen molar-refractivity contribution in [3.63, 3.8) is 0 Å². The summed E-state index contributed by atoms with van der Waals surface area (Å²) in [7, 11) is 0. The molecule has 0 aliphatic heterocycles. The molecule has 7 heteroatoms. The van der Waals surface area contributed by atoms with E-state index >= 15 is 0 Å². The molecule has 0 spiro atoms. The van der Waals surface area contributed by atoms with Crippen molar-refractivity contribution in [1.29, 1.82) is 0 Å². The minimum Gasteiger partial charge on any atom is -0.265 e. The zero-order valence-corrected chi connectivity index (χ0v) is 9.81. The highest BCUT2D eigenvalue weighted by molar-refractivity contribution is 6.22. The summed E-state index contributed by atoms with van der Waals surface area (Å²) in [5.74, 6) is 0. The molecule has 2 aromatic heterocycles. The molecule has 0 aromatic carbocycles. The summed E-state index contributed by atoms with van der Waals surface area (Å²) in [6, 6.07) is 4.76. The van der Waals surface area contributed by atoms with Crippen molar-refractivity contribution in [1.82, 2.24) is 14.8 Å². The van der Waals surface area contributed by atoms with Crippen LogP contribution in [0.3, 0.4) is 0 Å². The summed E-state index contributed by atoms with van der Waals surface area (Å²) in [6.07, 6.45) is -1.33. The van der Waals surface area contributed by atoms with Crippen molar-refractivity contribution >= 4 is 11.6 Å². The fourth-order valence-electron chi connectivity index (χ4n) is 1.44. The number of pyridine rings is 1. The molecule has 2 atom stereocenters. The zero-order valence-electron chi connectivity index (χ0n) is 9.05. The van der Waals surface area contributed by atoms with Crippen molar-refractivity contribution in [2.45, 2.75) is 18.1 Å². The first kappa shape index (κ1) is 12.9. The van der Waals surface area contributed by atoms with Crippen LogP contribution >= 0.6 is 11.6 Å². The Morgan fingerprint density at radius 3 is 2.39 bits per heavy atom. The highest BCUT2D eigenvalue weighted by Crippen LogP contribution is 2.28. The second-order valence-corrected chi connectivity index (χ2v) is 4.01. The molecule has 0 amide bonds. The third-order valence-corrected chi connectivity index (χ3v) is 2.82. The van der Waals surface area contributed by atoms with Crippen LogP contribution in [0, 0.1) is 0 Å². The number of aromatic nitrogens is 3. The maximum atomic E-state index is 13.0. The molecule has 0 fully saturated rings. The van der Waals surface area contributed by atoms with Gasteiger partial charge in [0.25, 0.3) is 12.7 Å². The highest BCUT2D eigenvalue weighted by atomic mass is 35.5. The average molecular weight is 276 g/mol. The lowest BCUT2D eigenvalue weighted by atomic mass is 10.1. The van der Waals surface area contributed by atoms with Gasteiger partial charge in [-0.1, -0.05) is 0 Å². The molecule has 2 aromatic rings. The standard InChI is InChI=1S/C11H9ClF3N3/c12-9(7-1-4-16-5-2-7)8-3-6-18(17-8)11(15)10(13)14/h1-6,9-11H. The smallest absolute Gasteiger partial charge is 0.265 e. The molecule has 0 saturated heterocycles. The second-order valence-electron chi connectivity index (χ2n) is 3.57. The van der Waals surface area contributed by atoms with Gasteiger partial charge >= 0.3 is 0 Å². The van der Waals surface area contributed by atoms with Crippen LogP contribution < -0.4 is 0 Å². The Balaban J connectivity index is 2.20. The Morgan fingerprint density at radius 2 is 1.78 bits per heavy atom. The Morgan fingerprint density at radius 1 is 1.11 bits per heavy atom. The van der Waals surface area contributed by atoms with E-state index in [0.29, 0.717) is 15.9 Å². The van der Waals surface area contributed by atoms with Crippen LogP contribution in [0.5, 0.6) is 0 Å². The molecule has 0 saturated carbocycles. The van der Waals surface area contributed by atoms with Gasteiger partial charge in [-0.25, -0.2) is 17.9 Å². The Labute approximate surface area is 106 Å². The van der Waals surface area contributed by atoms with Gasteiger partial charge in [-0.15, -0.1) is 11.6 Å². The molecule has 18 heavy (non-hydrogen) atoms. The number of alkyl halides is 4. The summed E-state index contributed by atoms with van der Waals surface area (Å²) < 4.78 is 37.9. The monoisotopic (exact) mass is 275 g/mol. The summed E-state index contributed by atoms with van der Waals surface area (Å²) in [5, 5.41) is 3.09. The first-order valence-corrected chi connectivity index (χ1v) is 5.54. The van der Waals surface area contributed by atoms with Crippen molar-refractivity contribution in [3.05, 3.63) is 48.0 Å². The zero-order chi connectivity index (χ0) is 13.1. The topological polar surface area (TPSA) is 30.7 Å². The van der Waals surface area contributed by atoms with Crippen molar-refractivity contribution in [2.24, 2.45) is 0 Å². The van der Waals surface area contributed by atoms with Gasteiger partial charge in [0, 0.05) is 18.6 Å². The van der Waals surface area contributed by atoms with Gasteiger partial charge < -0.3 is 0 Å². The minimum absolute atomic E-state index is 0.311. The van der Waals surface area contributed by atoms with E-state index in [1.54, 1.807) is 24.5 Å². The van der Waals surface area contributed by atoms with E-state index in [1.165, 1.54) is 6.07 Å². The van der Waals surface area contributed by atoms with Gasteiger partial charge in [0.15, 0.2) is 0 Å². The fraction of sp³-hybridized carbons (Fsp3) is 0.273. The number of hydrogen-bond donors (Lipinski definition) is 0. The molecule has 0 N–H and O–H groups in total. The van der Waals surface area contributed by atoms with Crippen LogP contribution in [0.25, 0.3) is 0 Å². The van der Waals surface area contributed by atoms with Crippen LogP contribution in [0.4, 0.5) is 13.2 Å². The van der Waals surface area contributed by atoms with E-state index in [9.17, 15) is 13.2 Å². The molecular formula is C11H9ClF3N3. The van der Waals surface area contributed by atoms with Crippen molar-refractivity contribution < 1.29 is 13.2 Å². The Bertz CT molecular complexity index is 503. The minimum atomic E-state index is -3.12. The molecule has 2 unspecified atom stereocenters. The molecule has 0 radical (unpaired) electrons. The van der Waals surface area contributed by atoms with Crippen molar-refractivity contribution in [2.75, 3.05) is 0 Å². The lowest BCUT2D eigenvalue weighted by Gasteiger charge is -2.08. The quantitative estimate of drug-likeness (QED) is 0.801. The van der Waals surface area contributed by atoms with E-state index in [0.717, 1.165) is 6.20 Å². The fourth-order valence-corrected chi connectivity index (χ4v) is 1.71. The van der Waals surface area contributed by atoms with E-state index in [-0.39, 0.29) is 0 Å². The van der Waals surface area contributed by atoms with Gasteiger partial charge in [-0.2, -0.15) is 5.10 Å². The van der Waals surface area contributed by atoms with E-state index < -0.39 is 18.1 Å². The maximum Gasteiger partial charge on any atom is 0.289 e.